The van der Waals surface area contributed by atoms with Crippen molar-refractivity contribution in [1.82, 2.24) is 4.98 Å². The molecule has 0 aromatic carbocycles. The second kappa shape index (κ2) is 4.28. The molecule has 78 valence electrons. The van der Waals surface area contributed by atoms with E-state index in [0.717, 1.165) is 5.69 Å². The van der Waals surface area contributed by atoms with Gasteiger partial charge in [-0.15, -0.1) is 0 Å². The maximum Gasteiger partial charge on any atom is 0.213 e. The number of rotatable bonds is 4. The molecule has 0 amide bonds. The molecule has 4 nitrogen and oxygen atoms in total. The smallest absolute Gasteiger partial charge is 0.213 e. The molecule has 0 aliphatic heterocycles. The molecular weight excluding hydrogens is 180 g/mol. The van der Waals surface area contributed by atoms with Crippen molar-refractivity contribution in [3.8, 4) is 5.88 Å². The summed E-state index contributed by atoms with van der Waals surface area (Å²) in [7, 11) is 1.58. The lowest BCUT2D eigenvalue weighted by molar-refractivity contribution is 0.0945. The first kappa shape index (κ1) is 10.8. The van der Waals surface area contributed by atoms with Crippen molar-refractivity contribution in [2.24, 2.45) is 0 Å². The van der Waals surface area contributed by atoms with E-state index in [2.05, 4.69) is 10.3 Å². The Bertz CT molecular complexity index is 277. The van der Waals surface area contributed by atoms with Gasteiger partial charge in [0.05, 0.1) is 24.6 Å². The van der Waals surface area contributed by atoms with Crippen LogP contribution in [0.15, 0.2) is 18.3 Å². The van der Waals surface area contributed by atoms with Crippen LogP contribution in [-0.2, 0) is 0 Å². The zero-order chi connectivity index (χ0) is 10.6. The van der Waals surface area contributed by atoms with Crippen LogP contribution >= 0.6 is 0 Å². The lowest BCUT2D eigenvalue weighted by Gasteiger charge is -2.18. The minimum absolute atomic E-state index is 0.487. The molecule has 0 spiro atoms. The topological polar surface area (TPSA) is 54.4 Å². The summed E-state index contributed by atoms with van der Waals surface area (Å²) in [4.78, 5) is 4.03. The fourth-order valence-electron chi connectivity index (χ4n) is 0.924. The summed E-state index contributed by atoms with van der Waals surface area (Å²) < 4.78 is 4.93. The summed E-state index contributed by atoms with van der Waals surface area (Å²) in [6.45, 7) is 3.98. The zero-order valence-electron chi connectivity index (χ0n) is 8.74. The van der Waals surface area contributed by atoms with Gasteiger partial charge in [-0.3, -0.25) is 0 Å². The predicted molar refractivity (Wildman–Crippen MR) is 55.6 cm³/mol. The molecule has 4 heteroatoms. The number of pyridine rings is 1. The molecule has 14 heavy (non-hydrogen) atoms. The largest absolute Gasteiger partial charge is 0.481 e. The molecule has 1 aromatic heterocycles. The number of aliphatic hydroxyl groups is 1. The van der Waals surface area contributed by atoms with E-state index in [1.54, 1.807) is 33.2 Å². The van der Waals surface area contributed by atoms with Crippen LogP contribution < -0.4 is 10.1 Å². The number of ether oxygens (including phenoxy) is 1. The second-order valence-electron chi connectivity index (χ2n) is 3.76. The van der Waals surface area contributed by atoms with Gasteiger partial charge in [-0.05, 0) is 19.9 Å². The van der Waals surface area contributed by atoms with Gasteiger partial charge in [0.1, 0.15) is 0 Å². The van der Waals surface area contributed by atoms with Gasteiger partial charge < -0.3 is 15.2 Å². The number of nitrogens with one attached hydrogen (secondary N) is 1. The average molecular weight is 196 g/mol. The van der Waals surface area contributed by atoms with Crippen molar-refractivity contribution in [3.05, 3.63) is 18.3 Å². The fourth-order valence-corrected chi connectivity index (χ4v) is 0.924. The number of nitrogens with zero attached hydrogens (tertiary/aromatic N) is 1. The molecule has 0 saturated carbocycles. The Morgan fingerprint density at radius 3 is 2.64 bits per heavy atom. The summed E-state index contributed by atoms with van der Waals surface area (Å²) in [6, 6.07) is 3.63. The highest BCUT2D eigenvalue weighted by molar-refractivity contribution is 5.42. The Morgan fingerprint density at radius 1 is 1.50 bits per heavy atom. The van der Waals surface area contributed by atoms with Crippen LogP contribution in [0.4, 0.5) is 5.69 Å². The summed E-state index contributed by atoms with van der Waals surface area (Å²) in [5.41, 5.74) is 0.146. The number of anilines is 1. The van der Waals surface area contributed by atoms with Crippen molar-refractivity contribution in [2.45, 2.75) is 19.4 Å². The second-order valence-corrected chi connectivity index (χ2v) is 3.76. The van der Waals surface area contributed by atoms with E-state index in [-0.39, 0.29) is 0 Å². The molecule has 0 radical (unpaired) electrons. The van der Waals surface area contributed by atoms with Crippen LogP contribution in [0.3, 0.4) is 0 Å². The van der Waals surface area contributed by atoms with Crippen molar-refractivity contribution in [1.29, 1.82) is 0 Å². The molecule has 1 rings (SSSR count). The van der Waals surface area contributed by atoms with E-state index in [4.69, 9.17) is 4.74 Å². The zero-order valence-corrected chi connectivity index (χ0v) is 8.74. The highest BCUT2D eigenvalue weighted by atomic mass is 16.5. The predicted octanol–water partition coefficient (Wildman–Crippen LogP) is 1.27. The lowest BCUT2D eigenvalue weighted by atomic mass is 10.1. The quantitative estimate of drug-likeness (QED) is 0.761. The van der Waals surface area contributed by atoms with Crippen molar-refractivity contribution >= 4 is 5.69 Å². The third kappa shape index (κ3) is 3.62. The highest BCUT2D eigenvalue weighted by Crippen LogP contribution is 2.12. The first-order valence-electron chi connectivity index (χ1n) is 4.47. The Hall–Kier alpha value is -1.29. The Labute approximate surface area is 83.9 Å². The third-order valence-electron chi connectivity index (χ3n) is 1.67. The van der Waals surface area contributed by atoms with Crippen LogP contribution in [0.25, 0.3) is 0 Å². The molecule has 0 aliphatic rings. The van der Waals surface area contributed by atoms with Gasteiger partial charge in [-0.1, -0.05) is 0 Å². The Balaban J connectivity index is 2.52. The summed E-state index contributed by atoms with van der Waals surface area (Å²) in [5.74, 6) is 0.582. The molecule has 0 aliphatic carbocycles. The van der Waals surface area contributed by atoms with Crippen LogP contribution in [0.5, 0.6) is 5.88 Å². The first-order chi connectivity index (χ1) is 6.51. The summed E-state index contributed by atoms with van der Waals surface area (Å²) in [5, 5.41) is 12.5. The number of hydrogen-bond donors (Lipinski definition) is 2. The Morgan fingerprint density at radius 2 is 2.21 bits per heavy atom. The van der Waals surface area contributed by atoms with E-state index in [0.29, 0.717) is 12.4 Å². The number of hydrogen-bond acceptors (Lipinski definition) is 4. The maximum atomic E-state index is 9.47. The van der Waals surface area contributed by atoms with Gasteiger partial charge in [0.15, 0.2) is 0 Å². The lowest BCUT2D eigenvalue weighted by Crippen LogP contribution is -2.29. The molecule has 0 saturated heterocycles. The van der Waals surface area contributed by atoms with Crippen molar-refractivity contribution in [3.63, 3.8) is 0 Å². The van der Waals surface area contributed by atoms with Crippen LogP contribution in [0, 0.1) is 0 Å². The molecule has 1 heterocycles. The Kier molecular flexibility index (Phi) is 3.30. The van der Waals surface area contributed by atoms with E-state index in [9.17, 15) is 5.11 Å². The molecule has 2 N–H and O–H groups in total. The van der Waals surface area contributed by atoms with Crippen LogP contribution in [0.2, 0.25) is 0 Å². The van der Waals surface area contributed by atoms with Gasteiger partial charge in [0, 0.05) is 12.6 Å². The van der Waals surface area contributed by atoms with Gasteiger partial charge >= 0.3 is 0 Å². The van der Waals surface area contributed by atoms with Crippen LogP contribution in [0.1, 0.15) is 13.8 Å². The highest BCUT2D eigenvalue weighted by Gasteiger charge is 2.11. The standard InChI is InChI=1S/C10H16N2O2/c1-10(2,13)7-12-8-4-5-9(14-3)11-6-8/h4-6,12-13H,7H2,1-3H3. The normalized spacial score (nSPS) is 11.1. The maximum absolute atomic E-state index is 9.47. The van der Waals surface area contributed by atoms with E-state index < -0.39 is 5.60 Å². The number of methoxy groups -OCH3 is 1. The van der Waals surface area contributed by atoms with Crippen molar-refractivity contribution in [2.75, 3.05) is 19.0 Å². The van der Waals surface area contributed by atoms with Crippen molar-refractivity contribution < 1.29 is 9.84 Å². The summed E-state index contributed by atoms with van der Waals surface area (Å²) in [6.07, 6.45) is 1.67. The molecule has 0 unspecified atom stereocenters. The molecule has 0 bridgehead atoms. The van der Waals surface area contributed by atoms with Gasteiger partial charge in [-0.2, -0.15) is 0 Å². The minimum Gasteiger partial charge on any atom is -0.481 e. The fraction of sp³-hybridized carbons (Fsp3) is 0.500. The molecule has 0 fully saturated rings. The first-order valence-corrected chi connectivity index (χ1v) is 4.47. The van der Waals surface area contributed by atoms with E-state index >= 15 is 0 Å². The van der Waals surface area contributed by atoms with E-state index in [1.165, 1.54) is 0 Å². The SMILES string of the molecule is COc1ccc(NCC(C)(C)O)cn1. The van der Waals surface area contributed by atoms with Gasteiger partial charge in [0.2, 0.25) is 5.88 Å². The third-order valence-corrected chi connectivity index (χ3v) is 1.67. The monoisotopic (exact) mass is 196 g/mol. The van der Waals surface area contributed by atoms with Gasteiger partial charge in [0.25, 0.3) is 0 Å². The number of aromatic nitrogens is 1. The average Bonchev–Trinajstić information content (AvgIpc) is 2.14. The minimum atomic E-state index is -0.722. The van der Waals surface area contributed by atoms with Crippen LogP contribution in [-0.4, -0.2) is 29.3 Å². The molecular formula is C10H16N2O2. The molecule has 0 atom stereocenters. The van der Waals surface area contributed by atoms with Gasteiger partial charge in [-0.25, -0.2) is 4.98 Å². The molecule has 1 aromatic rings. The van der Waals surface area contributed by atoms with E-state index in [1.807, 2.05) is 6.07 Å². The summed E-state index contributed by atoms with van der Waals surface area (Å²) >= 11 is 0.